The molecular formula is C71H87NO13. The smallest absolute Gasteiger partial charge is 0.338 e. The number of hydrogen-bond acceptors (Lipinski definition) is 13. The maximum atomic E-state index is 14.8. The van der Waals surface area contributed by atoms with E-state index in [9.17, 15) is 28.8 Å². The van der Waals surface area contributed by atoms with Gasteiger partial charge in [0.2, 0.25) is 5.91 Å². The third-order valence-corrected chi connectivity index (χ3v) is 21.6. The lowest BCUT2D eigenvalue weighted by atomic mass is 9.33. The molecule has 0 aromatic heterocycles. The standard InChI is InChI=1S/C71H87NO13/c1-66(2)39-41-71(65(78)72-43-23-13-22-32-56(73)79-8)42-40-69(6)50(51(71)44-66)33-34-54-68(5)37-36-55(67(3,4)53(68)35-38-70(54,69)7)82-64-59(85-63(77)49-30-20-12-21-31-49)58(84-62(76)48-28-18-11-19-29-48)57(83-61(75)47-26-16-10-17-27-47)52(81-64)45-80-60(74)46-24-14-9-15-25-46/h9-12,14-21,24-31,33,51-55,57-59,64H,13,22-23,32,34-45H2,1-8H3,(H,72,78)/t51-,52+,53-,54+,55-,57+,58-,59+,64-,68-,69+,70+,71-/m0/s1. The minimum absolute atomic E-state index is 0.0638. The van der Waals surface area contributed by atoms with Crippen molar-refractivity contribution < 1.29 is 61.9 Å². The van der Waals surface area contributed by atoms with Crippen LogP contribution in [0.1, 0.15) is 180 Å². The lowest BCUT2D eigenvalue weighted by Gasteiger charge is -2.71. The number of rotatable bonds is 18. The first-order valence-electron chi connectivity index (χ1n) is 31.0. The Kier molecular flexibility index (Phi) is 18.1. The van der Waals surface area contributed by atoms with Crippen LogP contribution in [0.2, 0.25) is 0 Å². The van der Waals surface area contributed by atoms with E-state index in [0.717, 1.165) is 77.0 Å². The largest absolute Gasteiger partial charge is 0.469 e. The Morgan fingerprint density at radius 2 is 1.12 bits per heavy atom. The van der Waals surface area contributed by atoms with E-state index in [-0.39, 0.29) is 67.6 Å². The highest BCUT2D eigenvalue weighted by molar-refractivity contribution is 5.92. The minimum Gasteiger partial charge on any atom is -0.469 e. The summed E-state index contributed by atoms with van der Waals surface area (Å²) in [5, 5.41) is 3.41. The molecule has 1 amide bonds. The van der Waals surface area contributed by atoms with Crippen LogP contribution >= 0.6 is 0 Å². The number of unbranched alkanes of at least 4 members (excludes halogenated alkanes) is 2. The molecule has 14 nitrogen and oxygen atoms in total. The predicted molar refractivity (Wildman–Crippen MR) is 320 cm³/mol. The van der Waals surface area contributed by atoms with Crippen molar-refractivity contribution in [2.45, 2.75) is 175 Å². The Bertz CT molecular complexity index is 3070. The van der Waals surface area contributed by atoms with Gasteiger partial charge in [0.05, 0.1) is 40.9 Å². The fourth-order valence-electron chi connectivity index (χ4n) is 16.7. The number of esters is 5. The van der Waals surface area contributed by atoms with Crippen molar-refractivity contribution in [2.75, 3.05) is 20.3 Å². The molecule has 4 aromatic carbocycles. The number of carbonyl (C=O) groups is 6. The quantitative estimate of drug-likeness (QED) is 0.0327. The minimum atomic E-state index is -1.54. The van der Waals surface area contributed by atoms with E-state index in [1.165, 1.54) is 12.7 Å². The molecule has 1 heterocycles. The van der Waals surface area contributed by atoms with Gasteiger partial charge in [0.15, 0.2) is 24.6 Å². The molecule has 0 bridgehead atoms. The van der Waals surface area contributed by atoms with E-state index in [1.54, 1.807) is 121 Å². The van der Waals surface area contributed by atoms with Gasteiger partial charge in [0.1, 0.15) is 12.7 Å². The molecule has 1 saturated heterocycles. The average molecular weight is 1160 g/mol. The summed E-state index contributed by atoms with van der Waals surface area (Å²) in [6, 6.07) is 33.7. The van der Waals surface area contributed by atoms with Crippen LogP contribution < -0.4 is 5.32 Å². The van der Waals surface area contributed by atoms with Crippen LogP contribution in [-0.2, 0) is 42.7 Å². The second kappa shape index (κ2) is 25.0. The number of amides is 1. The summed E-state index contributed by atoms with van der Waals surface area (Å²) >= 11 is 0. The molecule has 4 saturated carbocycles. The molecular weight excluding hydrogens is 1070 g/mol. The van der Waals surface area contributed by atoms with Crippen LogP contribution in [0.25, 0.3) is 0 Å². The normalized spacial score (nSPS) is 32.4. The zero-order valence-corrected chi connectivity index (χ0v) is 50.9. The Hall–Kier alpha value is -6.64. The zero-order valence-electron chi connectivity index (χ0n) is 50.9. The average Bonchev–Trinajstić information content (AvgIpc) is 0.714. The van der Waals surface area contributed by atoms with Gasteiger partial charge in [-0.1, -0.05) is 139 Å². The summed E-state index contributed by atoms with van der Waals surface area (Å²) in [7, 11) is 1.42. The second-order valence-corrected chi connectivity index (χ2v) is 27.2. The van der Waals surface area contributed by atoms with Crippen LogP contribution in [0.4, 0.5) is 0 Å². The van der Waals surface area contributed by atoms with Gasteiger partial charge in [-0.2, -0.15) is 0 Å². The van der Waals surface area contributed by atoms with Crippen molar-refractivity contribution >= 4 is 35.8 Å². The van der Waals surface area contributed by atoms with Gasteiger partial charge < -0.3 is 38.5 Å². The first kappa shape index (κ1) is 61.4. The van der Waals surface area contributed by atoms with Crippen molar-refractivity contribution in [2.24, 2.45) is 50.2 Å². The van der Waals surface area contributed by atoms with Crippen molar-refractivity contribution in [3.8, 4) is 0 Å². The van der Waals surface area contributed by atoms with Gasteiger partial charge in [-0.15, -0.1) is 0 Å². The molecule has 14 heteroatoms. The Labute approximate surface area is 501 Å². The van der Waals surface area contributed by atoms with Gasteiger partial charge in [0.25, 0.3) is 0 Å². The molecule has 5 aliphatic carbocycles. The Morgan fingerprint density at radius 3 is 1.69 bits per heavy atom. The van der Waals surface area contributed by atoms with Crippen molar-refractivity contribution in [3.63, 3.8) is 0 Å². The van der Waals surface area contributed by atoms with Crippen LogP contribution in [0.15, 0.2) is 133 Å². The van der Waals surface area contributed by atoms with Crippen molar-refractivity contribution in [1.82, 2.24) is 5.32 Å². The fraction of sp³-hybridized carbons (Fsp3) is 0.549. The molecule has 10 rings (SSSR count). The number of hydrogen-bond donors (Lipinski definition) is 1. The number of nitrogens with one attached hydrogen (secondary N) is 1. The Balaban J connectivity index is 0.959. The Morgan fingerprint density at radius 1 is 0.576 bits per heavy atom. The van der Waals surface area contributed by atoms with Crippen LogP contribution in [0, 0.1) is 50.2 Å². The maximum absolute atomic E-state index is 14.8. The van der Waals surface area contributed by atoms with Crippen molar-refractivity contribution in [1.29, 1.82) is 0 Å². The number of methoxy groups -OCH3 is 1. The monoisotopic (exact) mass is 1160 g/mol. The highest BCUT2D eigenvalue weighted by Crippen LogP contribution is 2.76. The number of fused-ring (bicyclic) bond motifs is 7. The lowest BCUT2D eigenvalue weighted by molar-refractivity contribution is -0.327. The van der Waals surface area contributed by atoms with E-state index in [2.05, 4.69) is 59.9 Å². The van der Waals surface area contributed by atoms with Gasteiger partial charge >= 0.3 is 29.8 Å². The lowest BCUT2D eigenvalue weighted by Crippen LogP contribution is -2.67. The van der Waals surface area contributed by atoms with Gasteiger partial charge in [0, 0.05) is 13.0 Å². The molecule has 4 aromatic rings. The third-order valence-electron chi connectivity index (χ3n) is 21.6. The maximum Gasteiger partial charge on any atom is 0.338 e. The molecule has 454 valence electrons. The topological polar surface area (TPSA) is 179 Å². The molecule has 85 heavy (non-hydrogen) atoms. The summed E-state index contributed by atoms with van der Waals surface area (Å²) in [6.07, 6.45) is 6.57. The highest BCUT2D eigenvalue weighted by Gasteiger charge is 2.70. The molecule has 13 atom stereocenters. The highest BCUT2D eigenvalue weighted by atomic mass is 16.7. The molecule has 1 aliphatic heterocycles. The number of benzene rings is 4. The molecule has 5 fully saturated rings. The summed E-state index contributed by atoms with van der Waals surface area (Å²) in [5.74, 6) is -2.31. The number of allylic oxidation sites excluding steroid dienone is 2. The van der Waals surface area contributed by atoms with E-state index in [4.69, 9.17) is 33.2 Å². The SMILES string of the molecule is COC(=O)CCCCCNC(=O)[C@]12CCC(C)(C)C[C@H]1C1=CC[C@@H]3[C@@]4(C)CC[C@H](O[C@@H]5O[C@H](COC(=O)c6ccccc6)[C@@H](OC(=O)c6ccccc6)[C@H](OC(=O)c6ccccc6)[C@H]5OC(=O)c5ccccc5)C(C)(C)[C@@H]4CC[C@@]3(C)[C@]1(C)CC2. The summed E-state index contributed by atoms with van der Waals surface area (Å²) < 4.78 is 44.4. The summed E-state index contributed by atoms with van der Waals surface area (Å²) in [4.78, 5) is 83.4. The summed E-state index contributed by atoms with van der Waals surface area (Å²) in [5.41, 5.74) is 1.22. The summed E-state index contributed by atoms with van der Waals surface area (Å²) in [6.45, 7) is 17.0. The number of ether oxygens (including phenoxy) is 7. The second-order valence-electron chi connectivity index (χ2n) is 27.2. The van der Waals surface area contributed by atoms with E-state index in [1.807, 2.05) is 0 Å². The van der Waals surface area contributed by atoms with Gasteiger partial charge in [-0.3, -0.25) is 9.59 Å². The van der Waals surface area contributed by atoms with Crippen molar-refractivity contribution in [3.05, 3.63) is 155 Å². The first-order valence-corrected chi connectivity index (χ1v) is 31.0. The van der Waals surface area contributed by atoms with Gasteiger partial charge in [-0.05, 0) is 170 Å². The van der Waals surface area contributed by atoms with Crippen LogP contribution in [0.3, 0.4) is 0 Å². The fourth-order valence-corrected chi connectivity index (χ4v) is 16.7. The molecule has 0 spiro atoms. The third kappa shape index (κ3) is 12.1. The van der Waals surface area contributed by atoms with Crippen LogP contribution in [0.5, 0.6) is 0 Å². The first-order chi connectivity index (χ1) is 40.6. The van der Waals surface area contributed by atoms with E-state index in [0.29, 0.717) is 25.3 Å². The van der Waals surface area contributed by atoms with Gasteiger partial charge in [-0.25, -0.2) is 19.2 Å². The van der Waals surface area contributed by atoms with E-state index >= 15 is 0 Å². The predicted octanol–water partition coefficient (Wildman–Crippen LogP) is 13.3. The number of carbonyl (C=O) groups excluding carboxylic acids is 6. The van der Waals surface area contributed by atoms with Crippen LogP contribution in [-0.4, -0.2) is 92.8 Å². The molecule has 1 N–H and O–H groups in total. The molecule has 0 unspecified atom stereocenters. The van der Waals surface area contributed by atoms with E-state index < -0.39 is 78.1 Å². The molecule has 0 radical (unpaired) electrons. The zero-order chi connectivity index (χ0) is 60.4. The molecule has 6 aliphatic rings.